The Balaban J connectivity index is 1.38. The Labute approximate surface area is 225 Å². The van der Waals surface area contributed by atoms with Crippen LogP contribution < -0.4 is 19.5 Å². The van der Waals surface area contributed by atoms with Gasteiger partial charge in [-0.05, 0) is 68.1 Å². The molecule has 0 saturated heterocycles. The van der Waals surface area contributed by atoms with E-state index in [0.29, 0.717) is 44.3 Å². The predicted octanol–water partition coefficient (Wildman–Crippen LogP) is 3.96. The highest BCUT2D eigenvalue weighted by molar-refractivity contribution is 5.97. The van der Waals surface area contributed by atoms with Gasteiger partial charge in [-0.2, -0.15) is 0 Å². The smallest absolute Gasteiger partial charge is 0.255 e. The Morgan fingerprint density at radius 2 is 1.63 bits per heavy atom. The molecule has 0 saturated carbocycles. The molecule has 1 heterocycles. The lowest BCUT2D eigenvalue weighted by Crippen LogP contribution is -2.32. The molecule has 38 heavy (non-hydrogen) atoms. The summed E-state index contributed by atoms with van der Waals surface area (Å²) in [4.78, 5) is 15.3. The predicted molar refractivity (Wildman–Crippen MR) is 144 cm³/mol. The molecule has 210 valence electrons. The summed E-state index contributed by atoms with van der Waals surface area (Å²) < 4.78 is 39.1. The SMILES string of the molecule is COc1cc2c(cc1OC)CN(CCCCNC(=O)c1cc(C)ccc1OCCOCCOCCF)CC2. The number of carbonyl (C=O) groups is 1. The number of fused-ring (bicyclic) bond motifs is 1. The van der Waals surface area contributed by atoms with Crippen molar-refractivity contribution in [3.63, 3.8) is 0 Å². The lowest BCUT2D eigenvalue weighted by Gasteiger charge is -2.29. The van der Waals surface area contributed by atoms with Gasteiger partial charge in [0.25, 0.3) is 5.91 Å². The van der Waals surface area contributed by atoms with Crippen LogP contribution in [0.3, 0.4) is 0 Å². The average Bonchev–Trinajstić information content (AvgIpc) is 2.93. The van der Waals surface area contributed by atoms with Crippen LogP contribution in [0, 0.1) is 6.92 Å². The molecule has 0 radical (unpaired) electrons. The van der Waals surface area contributed by atoms with Crippen LogP contribution in [0.25, 0.3) is 0 Å². The van der Waals surface area contributed by atoms with E-state index in [2.05, 4.69) is 22.3 Å². The van der Waals surface area contributed by atoms with E-state index in [0.717, 1.165) is 56.0 Å². The van der Waals surface area contributed by atoms with Crippen molar-refractivity contribution in [2.75, 3.05) is 73.6 Å². The van der Waals surface area contributed by atoms with Gasteiger partial charge in [0.05, 0.1) is 46.2 Å². The molecule has 0 aliphatic carbocycles. The highest BCUT2D eigenvalue weighted by Crippen LogP contribution is 2.33. The van der Waals surface area contributed by atoms with E-state index < -0.39 is 6.67 Å². The largest absolute Gasteiger partial charge is 0.493 e. The molecule has 1 aliphatic heterocycles. The second-order valence-corrected chi connectivity index (χ2v) is 9.23. The molecule has 0 spiro atoms. The summed E-state index contributed by atoms with van der Waals surface area (Å²) in [7, 11) is 3.33. The molecule has 0 atom stereocenters. The molecular weight excluding hydrogens is 491 g/mol. The number of aryl methyl sites for hydroxylation is 1. The molecule has 0 aromatic heterocycles. The summed E-state index contributed by atoms with van der Waals surface area (Å²) in [6, 6.07) is 9.74. The number of methoxy groups -OCH3 is 2. The summed E-state index contributed by atoms with van der Waals surface area (Å²) >= 11 is 0. The van der Waals surface area contributed by atoms with Crippen LogP contribution in [0.5, 0.6) is 17.2 Å². The highest BCUT2D eigenvalue weighted by Gasteiger charge is 2.19. The second-order valence-electron chi connectivity index (χ2n) is 9.23. The van der Waals surface area contributed by atoms with Crippen molar-refractivity contribution in [3.05, 3.63) is 52.6 Å². The minimum absolute atomic E-state index is 0.0835. The summed E-state index contributed by atoms with van der Waals surface area (Å²) in [6.45, 7) is 6.39. The van der Waals surface area contributed by atoms with Gasteiger partial charge >= 0.3 is 0 Å². The van der Waals surface area contributed by atoms with Gasteiger partial charge in [0.2, 0.25) is 0 Å². The van der Waals surface area contributed by atoms with Crippen LogP contribution in [-0.2, 0) is 22.4 Å². The minimum atomic E-state index is -0.499. The summed E-state index contributed by atoms with van der Waals surface area (Å²) in [5.41, 5.74) is 4.11. The van der Waals surface area contributed by atoms with Crippen LogP contribution >= 0.6 is 0 Å². The first-order chi connectivity index (χ1) is 18.5. The van der Waals surface area contributed by atoms with Gasteiger partial charge in [-0.1, -0.05) is 11.6 Å². The maximum Gasteiger partial charge on any atom is 0.255 e. The number of alkyl halides is 1. The van der Waals surface area contributed by atoms with Crippen LogP contribution in [0.1, 0.15) is 39.9 Å². The van der Waals surface area contributed by atoms with E-state index in [1.54, 1.807) is 14.2 Å². The molecule has 2 aromatic rings. The Morgan fingerprint density at radius 1 is 0.921 bits per heavy atom. The number of rotatable bonds is 17. The van der Waals surface area contributed by atoms with Crippen molar-refractivity contribution >= 4 is 5.91 Å². The number of amides is 1. The number of hydrogen-bond donors (Lipinski definition) is 1. The molecule has 1 aliphatic rings. The van der Waals surface area contributed by atoms with E-state index in [1.807, 2.05) is 25.1 Å². The van der Waals surface area contributed by atoms with Gasteiger partial charge in [-0.25, -0.2) is 4.39 Å². The first-order valence-corrected chi connectivity index (χ1v) is 13.2. The Kier molecular flexibility index (Phi) is 12.6. The molecule has 3 rings (SSSR count). The number of carbonyl (C=O) groups excluding carboxylic acids is 1. The van der Waals surface area contributed by atoms with Crippen molar-refractivity contribution in [3.8, 4) is 17.2 Å². The first-order valence-electron chi connectivity index (χ1n) is 13.2. The third-order valence-electron chi connectivity index (χ3n) is 6.44. The maximum absolute atomic E-state index is 12.9. The van der Waals surface area contributed by atoms with Crippen molar-refractivity contribution in [1.82, 2.24) is 10.2 Å². The zero-order valence-electron chi connectivity index (χ0n) is 22.9. The Hall–Kier alpha value is -2.88. The van der Waals surface area contributed by atoms with Crippen LogP contribution in [0.2, 0.25) is 0 Å². The van der Waals surface area contributed by atoms with Gasteiger partial charge < -0.3 is 29.0 Å². The number of ether oxygens (including phenoxy) is 5. The third kappa shape index (κ3) is 9.15. The molecule has 2 aromatic carbocycles. The number of nitrogens with one attached hydrogen (secondary N) is 1. The fraction of sp³-hybridized carbons (Fsp3) is 0.552. The molecule has 0 unspecified atom stereocenters. The summed E-state index contributed by atoms with van der Waals surface area (Å²) in [5.74, 6) is 1.94. The molecule has 9 heteroatoms. The Morgan fingerprint density at radius 3 is 2.37 bits per heavy atom. The zero-order chi connectivity index (χ0) is 27.2. The van der Waals surface area contributed by atoms with Gasteiger partial charge in [0.1, 0.15) is 19.0 Å². The van der Waals surface area contributed by atoms with E-state index >= 15 is 0 Å². The normalized spacial score (nSPS) is 13.2. The van der Waals surface area contributed by atoms with Crippen molar-refractivity contribution in [2.45, 2.75) is 32.7 Å². The molecule has 8 nitrogen and oxygen atoms in total. The monoisotopic (exact) mass is 532 g/mol. The highest BCUT2D eigenvalue weighted by atomic mass is 19.1. The zero-order valence-corrected chi connectivity index (χ0v) is 22.9. The average molecular weight is 533 g/mol. The number of benzene rings is 2. The number of nitrogens with zero attached hydrogens (tertiary/aromatic N) is 1. The van der Waals surface area contributed by atoms with Crippen LogP contribution in [0.15, 0.2) is 30.3 Å². The van der Waals surface area contributed by atoms with Crippen molar-refractivity contribution in [2.24, 2.45) is 0 Å². The molecule has 0 fully saturated rings. The lowest BCUT2D eigenvalue weighted by molar-refractivity contribution is 0.0324. The molecule has 1 N–H and O–H groups in total. The fourth-order valence-corrected chi connectivity index (χ4v) is 4.42. The van der Waals surface area contributed by atoms with Crippen molar-refractivity contribution in [1.29, 1.82) is 0 Å². The van der Waals surface area contributed by atoms with Gasteiger partial charge in [0, 0.05) is 19.6 Å². The summed E-state index contributed by atoms with van der Waals surface area (Å²) in [6.07, 6.45) is 2.87. The molecule has 0 bridgehead atoms. The number of hydrogen-bond acceptors (Lipinski definition) is 7. The second kappa shape index (κ2) is 16.2. The first kappa shape index (κ1) is 29.7. The van der Waals surface area contributed by atoms with E-state index in [9.17, 15) is 9.18 Å². The number of unbranched alkanes of at least 4 members (excludes halogenated alkanes) is 1. The minimum Gasteiger partial charge on any atom is -0.493 e. The van der Waals surface area contributed by atoms with Gasteiger partial charge in [-0.3, -0.25) is 9.69 Å². The van der Waals surface area contributed by atoms with Crippen LogP contribution in [0.4, 0.5) is 4.39 Å². The van der Waals surface area contributed by atoms with E-state index in [1.165, 1.54) is 11.1 Å². The maximum atomic E-state index is 12.9. The Bertz CT molecular complexity index is 1020. The van der Waals surface area contributed by atoms with E-state index in [4.69, 9.17) is 23.7 Å². The summed E-state index contributed by atoms with van der Waals surface area (Å²) in [5, 5.41) is 3.03. The van der Waals surface area contributed by atoms with Crippen molar-refractivity contribution < 1.29 is 32.9 Å². The van der Waals surface area contributed by atoms with Gasteiger partial charge in [0.15, 0.2) is 11.5 Å². The standard InChI is InChI=1S/C29H41FN2O6/c1-22-6-7-26(38-17-16-37-15-14-36-13-9-30)25(18-22)29(33)31-10-4-5-11-32-12-8-23-19-27(34-2)28(35-3)20-24(23)21-32/h6-7,18-20H,4-5,8-17,21H2,1-3H3,(H,31,33). The quantitative estimate of drug-likeness (QED) is 0.309. The number of halogens is 1. The fourth-order valence-electron chi connectivity index (χ4n) is 4.42. The topological polar surface area (TPSA) is 78.5 Å². The van der Waals surface area contributed by atoms with Crippen LogP contribution in [-0.4, -0.2) is 84.4 Å². The third-order valence-corrected chi connectivity index (χ3v) is 6.44. The van der Waals surface area contributed by atoms with E-state index in [-0.39, 0.29) is 12.5 Å². The lowest BCUT2D eigenvalue weighted by atomic mass is 9.98. The van der Waals surface area contributed by atoms with Gasteiger partial charge in [-0.15, -0.1) is 0 Å². The molecule has 1 amide bonds. The molecular formula is C29H41FN2O6.